The number of pyridine rings is 1. The highest BCUT2D eigenvalue weighted by atomic mass is 127. The molecule has 1 aliphatic rings. The SMILES string of the molecule is CCNC(=NCc1ccc(OC2CCCC2)nc1)NCCn1cnnc1CC.I. The van der Waals surface area contributed by atoms with Gasteiger partial charge in [-0.3, -0.25) is 0 Å². The van der Waals surface area contributed by atoms with Gasteiger partial charge in [-0.1, -0.05) is 13.0 Å². The lowest BCUT2D eigenvalue weighted by atomic mass is 10.3. The monoisotopic (exact) mass is 513 g/mol. The van der Waals surface area contributed by atoms with E-state index >= 15 is 0 Å². The average molecular weight is 513 g/mol. The summed E-state index contributed by atoms with van der Waals surface area (Å²) in [6, 6.07) is 3.98. The molecule has 0 unspecified atom stereocenters. The predicted octanol–water partition coefficient (Wildman–Crippen LogP) is 2.93. The zero-order valence-electron chi connectivity index (χ0n) is 17.3. The average Bonchev–Trinajstić information content (AvgIpc) is 3.39. The first-order valence-corrected chi connectivity index (χ1v) is 10.3. The third-order valence-electron chi connectivity index (χ3n) is 4.81. The summed E-state index contributed by atoms with van der Waals surface area (Å²) in [5, 5.41) is 14.7. The van der Waals surface area contributed by atoms with Gasteiger partial charge in [-0.05, 0) is 38.2 Å². The Kier molecular flexibility index (Phi) is 10.2. The number of hydrogen-bond acceptors (Lipinski definition) is 5. The zero-order valence-corrected chi connectivity index (χ0v) is 19.6. The number of hydrogen-bond donors (Lipinski definition) is 2. The van der Waals surface area contributed by atoms with Crippen molar-refractivity contribution < 1.29 is 4.74 Å². The molecule has 0 amide bonds. The third kappa shape index (κ3) is 7.45. The maximum Gasteiger partial charge on any atom is 0.213 e. The number of aromatic nitrogens is 4. The molecular formula is C20H32IN7O. The minimum Gasteiger partial charge on any atom is -0.474 e. The molecule has 1 aliphatic carbocycles. The van der Waals surface area contributed by atoms with E-state index in [1.165, 1.54) is 12.8 Å². The fourth-order valence-electron chi connectivity index (χ4n) is 3.30. The number of halogens is 1. The van der Waals surface area contributed by atoms with Crippen molar-refractivity contribution in [3.8, 4) is 5.88 Å². The van der Waals surface area contributed by atoms with Crippen LogP contribution in [0, 0.1) is 0 Å². The van der Waals surface area contributed by atoms with E-state index in [0.29, 0.717) is 18.5 Å². The molecular weight excluding hydrogens is 481 g/mol. The number of aryl methyl sites for hydroxylation is 1. The molecule has 0 bridgehead atoms. The molecule has 3 rings (SSSR count). The molecule has 1 fully saturated rings. The lowest BCUT2D eigenvalue weighted by molar-refractivity contribution is 0.201. The second-order valence-electron chi connectivity index (χ2n) is 6.95. The highest BCUT2D eigenvalue weighted by molar-refractivity contribution is 14.0. The van der Waals surface area contributed by atoms with Crippen molar-refractivity contribution >= 4 is 29.9 Å². The van der Waals surface area contributed by atoms with Crippen LogP contribution in [0.3, 0.4) is 0 Å². The fraction of sp³-hybridized carbons (Fsp3) is 0.600. The second kappa shape index (κ2) is 12.6. The molecule has 0 aromatic carbocycles. The van der Waals surface area contributed by atoms with Gasteiger partial charge in [-0.2, -0.15) is 0 Å². The van der Waals surface area contributed by atoms with E-state index < -0.39 is 0 Å². The Labute approximate surface area is 190 Å². The summed E-state index contributed by atoms with van der Waals surface area (Å²) in [7, 11) is 0. The number of ether oxygens (including phenoxy) is 1. The molecule has 9 heteroatoms. The van der Waals surface area contributed by atoms with E-state index in [1.54, 1.807) is 6.33 Å². The number of aliphatic imine (C=N–C) groups is 1. The fourth-order valence-corrected chi connectivity index (χ4v) is 3.30. The zero-order chi connectivity index (χ0) is 19.6. The Balaban J connectivity index is 0.00000300. The van der Waals surface area contributed by atoms with Crippen LogP contribution in [-0.4, -0.2) is 44.9 Å². The van der Waals surface area contributed by atoms with E-state index in [-0.39, 0.29) is 24.0 Å². The van der Waals surface area contributed by atoms with Crippen LogP contribution in [0.4, 0.5) is 0 Å². The van der Waals surface area contributed by atoms with Gasteiger partial charge < -0.3 is 19.9 Å². The molecule has 0 saturated heterocycles. The van der Waals surface area contributed by atoms with Crippen molar-refractivity contribution in [1.29, 1.82) is 0 Å². The number of guanidine groups is 1. The summed E-state index contributed by atoms with van der Waals surface area (Å²) in [6.07, 6.45) is 9.62. The Hall–Kier alpha value is -1.91. The van der Waals surface area contributed by atoms with Crippen molar-refractivity contribution in [2.45, 2.75) is 65.1 Å². The van der Waals surface area contributed by atoms with E-state index in [9.17, 15) is 0 Å². The molecule has 8 nitrogen and oxygen atoms in total. The Morgan fingerprint density at radius 1 is 1.24 bits per heavy atom. The van der Waals surface area contributed by atoms with Gasteiger partial charge >= 0.3 is 0 Å². The maximum absolute atomic E-state index is 5.92. The summed E-state index contributed by atoms with van der Waals surface area (Å²) in [5.74, 6) is 2.50. The molecule has 0 radical (unpaired) electrons. The maximum atomic E-state index is 5.92. The van der Waals surface area contributed by atoms with Gasteiger partial charge in [0.05, 0.1) is 6.54 Å². The lowest BCUT2D eigenvalue weighted by Crippen LogP contribution is -2.38. The first kappa shape index (κ1) is 23.4. The molecule has 2 N–H and O–H groups in total. The Morgan fingerprint density at radius 2 is 2.07 bits per heavy atom. The lowest BCUT2D eigenvalue weighted by Gasteiger charge is -2.13. The van der Waals surface area contributed by atoms with Crippen molar-refractivity contribution in [3.05, 3.63) is 36.0 Å². The summed E-state index contributed by atoms with van der Waals surface area (Å²) in [4.78, 5) is 9.08. The molecule has 0 aliphatic heterocycles. The van der Waals surface area contributed by atoms with E-state index in [4.69, 9.17) is 4.74 Å². The first-order valence-electron chi connectivity index (χ1n) is 10.3. The van der Waals surface area contributed by atoms with Gasteiger partial charge in [0.25, 0.3) is 0 Å². The molecule has 1 saturated carbocycles. The van der Waals surface area contributed by atoms with Crippen molar-refractivity contribution in [1.82, 2.24) is 30.4 Å². The second-order valence-corrected chi connectivity index (χ2v) is 6.95. The quantitative estimate of drug-likeness (QED) is 0.305. The van der Waals surface area contributed by atoms with Crippen LogP contribution < -0.4 is 15.4 Å². The Morgan fingerprint density at radius 3 is 2.76 bits per heavy atom. The number of nitrogens with one attached hydrogen (secondary N) is 2. The molecule has 0 spiro atoms. The normalized spacial score (nSPS) is 14.5. The van der Waals surface area contributed by atoms with Gasteiger partial charge in [0.15, 0.2) is 5.96 Å². The van der Waals surface area contributed by atoms with Crippen molar-refractivity contribution in [2.24, 2.45) is 4.99 Å². The highest BCUT2D eigenvalue weighted by Crippen LogP contribution is 2.22. The number of nitrogens with zero attached hydrogens (tertiary/aromatic N) is 5. The van der Waals surface area contributed by atoms with Crippen LogP contribution in [-0.2, 0) is 19.5 Å². The van der Waals surface area contributed by atoms with E-state index in [0.717, 1.165) is 56.2 Å². The highest BCUT2D eigenvalue weighted by Gasteiger charge is 2.16. The van der Waals surface area contributed by atoms with Crippen LogP contribution in [0.1, 0.15) is 50.9 Å². The minimum absolute atomic E-state index is 0. The molecule has 2 heterocycles. The van der Waals surface area contributed by atoms with Crippen LogP contribution in [0.2, 0.25) is 0 Å². The van der Waals surface area contributed by atoms with Gasteiger partial charge in [0.2, 0.25) is 5.88 Å². The number of rotatable bonds is 9. The third-order valence-corrected chi connectivity index (χ3v) is 4.81. The molecule has 0 atom stereocenters. The van der Waals surface area contributed by atoms with Crippen LogP contribution >= 0.6 is 24.0 Å². The first-order chi connectivity index (χ1) is 13.8. The predicted molar refractivity (Wildman–Crippen MR) is 125 cm³/mol. The van der Waals surface area contributed by atoms with Gasteiger partial charge in [0.1, 0.15) is 18.3 Å². The van der Waals surface area contributed by atoms with Crippen molar-refractivity contribution in [2.75, 3.05) is 13.1 Å². The summed E-state index contributed by atoms with van der Waals surface area (Å²) in [5.41, 5.74) is 1.06. The van der Waals surface area contributed by atoms with Gasteiger partial charge in [-0.25, -0.2) is 9.98 Å². The largest absolute Gasteiger partial charge is 0.474 e. The molecule has 2 aromatic rings. The Bertz CT molecular complexity index is 742. The molecule has 29 heavy (non-hydrogen) atoms. The summed E-state index contributed by atoms with van der Waals surface area (Å²) < 4.78 is 7.98. The van der Waals surface area contributed by atoms with Gasteiger partial charge in [0, 0.05) is 38.3 Å². The molecule has 2 aromatic heterocycles. The van der Waals surface area contributed by atoms with Crippen LogP contribution in [0.5, 0.6) is 5.88 Å². The summed E-state index contributed by atoms with van der Waals surface area (Å²) in [6.45, 7) is 7.07. The van der Waals surface area contributed by atoms with Crippen LogP contribution in [0.15, 0.2) is 29.6 Å². The van der Waals surface area contributed by atoms with Crippen molar-refractivity contribution in [3.63, 3.8) is 0 Å². The standard InChI is InChI=1S/C20H31N7O.HI/c1-3-18-26-25-15-27(18)12-11-22-20(21-4-2)24-14-16-9-10-19(23-13-16)28-17-7-5-6-8-17;/h9-10,13,15,17H,3-8,11-12,14H2,1-2H3,(H2,21,22,24);1H. The van der Waals surface area contributed by atoms with E-state index in [1.807, 2.05) is 18.3 Å². The minimum atomic E-state index is 0. The molecule has 160 valence electrons. The van der Waals surface area contributed by atoms with E-state index in [2.05, 4.69) is 49.2 Å². The smallest absolute Gasteiger partial charge is 0.213 e. The topological polar surface area (TPSA) is 89.3 Å². The van der Waals surface area contributed by atoms with Crippen LogP contribution in [0.25, 0.3) is 0 Å². The summed E-state index contributed by atoms with van der Waals surface area (Å²) >= 11 is 0. The van der Waals surface area contributed by atoms with Gasteiger partial charge in [-0.15, -0.1) is 34.2 Å².